The van der Waals surface area contributed by atoms with E-state index in [9.17, 15) is 0 Å². The number of likely N-dealkylation sites (tertiary alicyclic amines) is 1. The first kappa shape index (κ1) is 18.2. The summed E-state index contributed by atoms with van der Waals surface area (Å²) in [5, 5.41) is 0. The molecule has 2 rings (SSSR count). The summed E-state index contributed by atoms with van der Waals surface area (Å²) >= 11 is 0. The molecule has 130 valence electrons. The van der Waals surface area contributed by atoms with Crippen molar-refractivity contribution in [1.29, 1.82) is 0 Å². The minimum absolute atomic E-state index is 0.327. The van der Waals surface area contributed by atoms with Crippen molar-refractivity contribution in [3.05, 3.63) is 0 Å². The summed E-state index contributed by atoms with van der Waals surface area (Å²) in [6.07, 6.45) is 1.35. The molecule has 2 saturated heterocycles. The molecule has 0 N–H and O–H groups in total. The number of nitrogens with zero attached hydrogens (tertiary/aromatic N) is 3. The highest BCUT2D eigenvalue weighted by Crippen LogP contribution is 2.27. The lowest BCUT2D eigenvalue weighted by molar-refractivity contribution is -0.000477. The molecule has 2 fully saturated rings. The van der Waals surface area contributed by atoms with Crippen LogP contribution < -0.4 is 0 Å². The molecule has 0 aromatic rings. The quantitative estimate of drug-likeness (QED) is 0.776. The second kappa shape index (κ2) is 6.78. The number of piperidine rings is 1. The summed E-state index contributed by atoms with van der Waals surface area (Å²) < 4.78 is 0. The molecule has 2 heterocycles. The zero-order chi connectivity index (χ0) is 16.5. The smallest absolute Gasteiger partial charge is 0.0146 e. The van der Waals surface area contributed by atoms with Gasteiger partial charge in [0.05, 0.1) is 0 Å². The van der Waals surface area contributed by atoms with Gasteiger partial charge in [0.25, 0.3) is 0 Å². The topological polar surface area (TPSA) is 9.72 Å². The molecule has 2 atom stereocenters. The molecule has 1 unspecified atom stereocenters. The minimum atomic E-state index is 0.327. The lowest BCUT2D eigenvalue weighted by Gasteiger charge is -2.49. The van der Waals surface area contributed by atoms with Crippen molar-refractivity contribution in [2.45, 2.75) is 66.5 Å². The predicted octanol–water partition coefficient (Wildman–Crippen LogP) is 3.16. The van der Waals surface area contributed by atoms with Gasteiger partial charge in [0.15, 0.2) is 0 Å². The lowest BCUT2D eigenvalue weighted by atomic mass is 9.89. The van der Waals surface area contributed by atoms with Gasteiger partial charge in [0.2, 0.25) is 0 Å². The van der Waals surface area contributed by atoms with E-state index in [-0.39, 0.29) is 0 Å². The van der Waals surface area contributed by atoms with Crippen LogP contribution in [0.2, 0.25) is 0 Å². The lowest BCUT2D eigenvalue weighted by Crippen LogP contribution is -2.59. The van der Waals surface area contributed by atoms with Crippen molar-refractivity contribution in [3.8, 4) is 0 Å². The van der Waals surface area contributed by atoms with Crippen molar-refractivity contribution in [2.75, 3.05) is 45.8 Å². The van der Waals surface area contributed by atoms with Crippen LogP contribution in [-0.4, -0.2) is 72.1 Å². The van der Waals surface area contributed by atoms with Gasteiger partial charge >= 0.3 is 0 Å². The van der Waals surface area contributed by atoms with Gasteiger partial charge in [0.1, 0.15) is 0 Å². The fraction of sp³-hybridized carbons (Fsp3) is 1.00. The SMILES string of the molecule is C[C@H]1CN(CC(C)(C)C)CCC1N1CCN(C(C)(C)C)CC1. The van der Waals surface area contributed by atoms with Crippen LogP contribution in [0.25, 0.3) is 0 Å². The molecule has 3 nitrogen and oxygen atoms in total. The monoisotopic (exact) mass is 309 g/mol. The van der Waals surface area contributed by atoms with E-state index >= 15 is 0 Å². The fourth-order valence-corrected chi connectivity index (χ4v) is 4.30. The van der Waals surface area contributed by atoms with Crippen molar-refractivity contribution < 1.29 is 0 Å². The third-order valence-corrected chi connectivity index (χ3v) is 5.37. The van der Waals surface area contributed by atoms with Gasteiger partial charge < -0.3 is 4.90 Å². The number of hydrogen-bond donors (Lipinski definition) is 0. The molecule has 0 aliphatic carbocycles. The van der Waals surface area contributed by atoms with Crippen molar-refractivity contribution in [2.24, 2.45) is 11.3 Å². The second-order valence-electron chi connectivity index (χ2n) is 9.82. The largest absolute Gasteiger partial charge is 0.302 e. The minimum Gasteiger partial charge on any atom is -0.302 e. The maximum Gasteiger partial charge on any atom is 0.0146 e. The Morgan fingerprint density at radius 1 is 0.864 bits per heavy atom. The van der Waals surface area contributed by atoms with Gasteiger partial charge in [-0.2, -0.15) is 0 Å². The summed E-state index contributed by atoms with van der Waals surface area (Å²) in [5.41, 5.74) is 0.749. The Kier molecular flexibility index (Phi) is 5.62. The number of hydrogen-bond acceptors (Lipinski definition) is 3. The highest BCUT2D eigenvalue weighted by Gasteiger charge is 2.34. The summed E-state index contributed by atoms with van der Waals surface area (Å²) in [6.45, 7) is 25.3. The van der Waals surface area contributed by atoms with Crippen molar-refractivity contribution in [1.82, 2.24) is 14.7 Å². The van der Waals surface area contributed by atoms with E-state index in [1.54, 1.807) is 0 Å². The summed E-state index contributed by atoms with van der Waals surface area (Å²) in [7, 11) is 0. The van der Waals surface area contributed by atoms with Crippen LogP contribution in [0.3, 0.4) is 0 Å². The van der Waals surface area contributed by atoms with Gasteiger partial charge in [-0.25, -0.2) is 0 Å². The zero-order valence-electron chi connectivity index (χ0n) is 16.2. The van der Waals surface area contributed by atoms with Crippen LogP contribution in [0.1, 0.15) is 54.9 Å². The number of piperazine rings is 1. The van der Waals surface area contributed by atoms with Crippen LogP contribution in [0.5, 0.6) is 0 Å². The fourth-order valence-electron chi connectivity index (χ4n) is 4.30. The summed E-state index contributed by atoms with van der Waals surface area (Å²) in [4.78, 5) is 8.11. The normalized spacial score (nSPS) is 30.7. The molecule has 0 radical (unpaired) electrons. The summed E-state index contributed by atoms with van der Waals surface area (Å²) in [6, 6.07) is 0.804. The van der Waals surface area contributed by atoms with Gasteiger partial charge in [-0.3, -0.25) is 9.80 Å². The van der Waals surface area contributed by atoms with Crippen LogP contribution in [-0.2, 0) is 0 Å². The maximum atomic E-state index is 2.78. The standard InChI is InChI=1S/C19H39N3/c1-16-14-20(15-18(2,3)4)9-8-17(16)21-10-12-22(13-11-21)19(5,6)7/h16-17H,8-15H2,1-7H3/t16-,17?/m0/s1. The van der Waals surface area contributed by atoms with Crippen LogP contribution in [0.4, 0.5) is 0 Å². The first-order chi connectivity index (χ1) is 10.1. The average molecular weight is 310 g/mol. The Labute approximate surface area is 139 Å². The van der Waals surface area contributed by atoms with Gasteiger partial charge in [-0.05, 0) is 45.1 Å². The second-order valence-corrected chi connectivity index (χ2v) is 9.82. The van der Waals surface area contributed by atoms with E-state index in [1.807, 2.05) is 0 Å². The molecular formula is C19H39N3. The highest BCUT2D eigenvalue weighted by atomic mass is 15.3. The highest BCUT2D eigenvalue weighted by molar-refractivity contribution is 4.90. The molecule has 2 aliphatic heterocycles. The predicted molar refractivity (Wildman–Crippen MR) is 96.4 cm³/mol. The molecule has 0 bridgehead atoms. The Bertz CT molecular complexity index is 345. The van der Waals surface area contributed by atoms with E-state index in [0.29, 0.717) is 11.0 Å². The molecule has 0 amide bonds. The van der Waals surface area contributed by atoms with Crippen LogP contribution in [0.15, 0.2) is 0 Å². The van der Waals surface area contributed by atoms with Crippen LogP contribution >= 0.6 is 0 Å². The van der Waals surface area contributed by atoms with E-state index in [4.69, 9.17) is 0 Å². The summed E-state index contributed by atoms with van der Waals surface area (Å²) in [5.74, 6) is 0.803. The van der Waals surface area contributed by atoms with Crippen LogP contribution in [0, 0.1) is 11.3 Å². The Morgan fingerprint density at radius 2 is 1.45 bits per heavy atom. The van der Waals surface area contributed by atoms with E-state index in [0.717, 1.165) is 12.0 Å². The molecule has 22 heavy (non-hydrogen) atoms. The molecule has 0 saturated carbocycles. The van der Waals surface area contributed by atoms with Gasteiger partial charge in [-0.15, -0.1) is 0 Å². The molecule has 3 heteroatoms. The van der Waals surface area contributed by atoms with E-state index in [2.05, 4.69) is 63.2 Å². The first-order valence-corrected chi connectivity index (χ1v) is 9.28. The molecule has 0 aromatic carbocycles. The third-order valence-electron chi connectivity index (χ3n) is 5.37. The molecule has 0 spiro atoms. The Balaban J connectivity index is 1.83. The third kappa shape index (κ3) is 4.94. The van der Waals surface area contributed by atoms with E-state index < -0.39 is 0 Å². The molecular weight excluding hydrogens is 270 g/mol. The number of rotatable bonds is 2. The van der Waals surface area contributed by atoms with Crippen molar-refractivity contribution in [3.63, 3.8) is 0 Å². The Hall–Kier alpha value is -0.120. The zero-order valence-corrected chi connectivity index (χ0v) is 16.2. The van der Waals surface area contributed by atoms with Gasteiger partial charge in [0, 0.05) is 50.8 Å². The average Bonchev–Trinajstić information content (AvgIpc) is 2.36. The van der Waals surface area contributed by atoms with Crippen molar-refractivity contribution >= 4 is 0 Å². The van der Waals surface area contributed by atoms with Gasteiger partial charge in [-0.1, -0.05) is 27.7 Å². The molecule has 2 aliphatic rings. The van der Waals surface area contributed by atoms with E-state index in [1.165, 1.54) is 52.2 Å². The maximum absolute atomic E-state index is 2.78. The molecule has 0 aromatic heterocycles. The first-order valence-electron chi connectivity index (χ1n) is 9.28. The Morgan fingerprint density at radius 3 is 1.91 bits per heavy atom.